The summed E-state index contributed by atoms with van der Waals surface area (Å²) in [4.78, 5) is 0. The maximum absolute atomic E-state index is 5.63. The zero-order valence-corrected chi connectivity index (χ0v) is 12.3. The van der Waals surface area contributed by atoms with Gasteiger partial charge in [-0.25, -0.2) is 0 Å². The number of hydrogen-bond donors (Lipinski definition) is 2. The highest BCUT2D eigenvalue weighted by atomic mass is 16.5. The smallest absolute Gasteiger partial charge is 0.123 e. The topological polar surface area (TPSA) is 75.0 Å². The summed E-state index contributed by atoms with van der Waals surface area (Å²) < 4.78 is 21.0. The SMILES string of the molecule is COCCOCCC(NN)c1cc(OC)ccc1OC. The van der Waals surface area contributed by atoms with Crippen LogP contribution in [0.25, 0.3) is 0 Å². The second kappa shape index (κ2) is 9.55. The minimum atomic E-state index is -0.0670. The van der Waals surface area contributed by atoms with Gasteiger partial charge in [0.05, 0.1) is 33.5 Å². The van der Waals surface area contributed by atoms with Crippen molar-refractivity contribution in [1.82, 2.24) is 5.43 Å². The molecule has 1 rings (SSSR count). The monoisotopic (exact) mass is 284 g/mol. The molecule has 0 aliphatic heterocycles. The molecule has 20 heavy (non-hydrogen) atoms. The Labute approximate surface area is 120 Å². The fourth-order valence-electron chi connectivity index (χ4n) is 1.89. The van der Waals surface area contributed by atoms with E-state index in [1.54, 1.807) is 21.3 Å². The molecule has 6 heteroatoms. The Morgan fingerprint density at radius 3 is 2.50 bits per heavy atom. The van der Waals surface area contributed by atoms with E-state index in [1.807, 2.05) is 18.2 Å². The molecule has 114 valence electrons. The van der Waals surface area contributed by atoms with E-state index in [0.717, 1.165) is 23.5 Å². The Morgan fingerprint density at radius 1 is 1.10 bits per heavy atom. The summed E-state index contributed by atoms with van der Waals surface area (Å²) in [7, 11) is 4.91. The molecule has 1 unspecified atom stereocenters. The first-order valence-electron chi connectivity index (χ1n) is 6.51. The maximum atomic E-state index is 5.63. The fraction of sp³-hybridized carbons (Fsp3) is 0.571. The van der Waals surface area contributed by atoms with Crippen LogP contribution in [0.3, 0.4) is 0 Å². The van der Waals surface area contributed by atoms with Gasteiger partial charge in [-0.05, 0) is 24.6 Å². The van der Waals surface area contributed by atoms with Crippen LogP contribution in [-0.2, 0) is 9.47 Å². The first-order valence-corrected chi connectivity index (χ1v) is 6.51. The average molecular weight is 284 g/mol. The zero-order chi connectivity index (χ0) is 14.8. The third-order valence-corrected chi connectivity index (χ3v) is 3.00. The summed E-state index contributed by atoms with van der Waals surface area (Å²) in [5.41, 5.74) is 3.74. The van der Waals surface area contributed by atoms with Gasteiger partial charge >= 0.3 is 0 Å². The molecule has 1 aromatic carbocycles. The van der Waals surface area contributed by atoms with Crippen LogP contribution in [0.2, 0.25) is 0 Å². The van der Waals surface area contributed by atoms with Crippen molar-refractivity contribution in [3.8, 4) is 11.5 Å². The molecule has 0 amide bonds. The predicted octanol–water partition coefficient (Wildman–Crippen LogP) is 1.26. The van der Waals surface area contributed by atoms with Gasteiger partial charge in [0.2, 0.25) is 0 Å². The van der Waals surface area contributed by atoms with Crippen molar-refractivity contribution in [1.29, 1.82) is 0 Å². The summed E-state index contributed by atoms with van der Waals surface area (Å²) in [6.45, 7) is 1.74. The number of rotatable bonds is 10. The van der Waals surface area contributed by atoms with E-state index in [0.29, 0.717) is 19.8 Å². The quantitative estimate of drug-likeness (QED) is 0.383. The highest BCUT2D eigenvalue weighted by Gasteiger charge is 2.15. The van der Waals surface area contributed by atoms with Crippen LogP contribution in [0.5, 0.6) is 11.5 Å². The van der Waals surface area contributed by atoms with Crippen molar-refractivity contribution in [2.75, 3.05) is 41.2 Å². The number of hydrazine groups is 1. The Morgan fingerprint density at radius 2 is 1.90 bits per heavy atom. The fourth-order valence-corrected chi connectivity index (χ4v) is 1.89. The summed E-state index contributed by atoms with van der Waals surface area (Å²) in [5.74, 6) is 7.17. The third-order valence-electron chi connectivity index (χ3n) is 3.00. The van der Waals surface area contributed by atoms with Gasteiger partial charge in [-0.1, -0.05) is 0 Å². The number of hydrogen-bond acceptors (Lipinski definition) is 6. The molecule has 0 saturated heterocycles. The van der Waals surface area contributed by atoms with Crippen molar-refractivity contribution in [3.63, 3.8) is 0 Å². The molecule has 0 radical (unpaired) electrons. The first kappa shape index (κ1) is 16.7. The molecule has 6 nitrogen and oxygen atoms in total. The molecule has 0 bridgehead atoms. The Kier molecular flexibility index (Phi) is 7.98. The third kappa shape index (κ3) is 4.97. The average Bonchev–Trinajstić information content (AvgIpc) is 2.50. The lowest BCUT2D eigenvalue weighted by molar-refractivity contribution is 0.0656. The standard InChI is InChI=1S/C14H24N2O4/c1-17-8-9-20-7-6-13(16-15)12-10-11(18-2)4-5-14(12)19-3/h4-5,10,13,16H,6-9,15H2,1-3H3. The molecule has 0 aromatic heterocycles. The van der Waals surface area contributed by atoms with Crippen LogP contribution in [0.15, 0.2) is 18.2 Å². The van der Waals surface area contributed by atoms with E-state index >= 15 is 0 Å². The number of benzene rings is 1. The lowest BCUT2D eigenvalue weighted by atomic mass is 10.0. The molecular weight excluding hydrogens is 260 g/mol. The minimum absolute atomic E-state index is 0.0670. The molecule has 0 fully saturated rings. The lowest BCUT2D eigenvalue weighted by Crippen LogP contribution is -2.29. The van der Waals surface area contributed by atoms with E-state index in [2.05, 4.69) is 5.43 Å². The van der Waals surface area contributed by atoms with Crippen LogP contribution in [-0.4, -0.2) is 41.2 Å². The molecule has 0 saturated carbocycles. The second-order valence-corrected chi connectivity index (χ2v) is 4.22. The van der Waals surface area contributed by atoms with Gasteiger partial charge in [0.15, 0.2) is 0 Å². The Hall–Kier alpha value is -1.34. The second-order valence-electron chi connectivity index (χ2n) is 4.22. The van der Waals surface area contributed by atoms with E-state index in [1.165, 1.54) is 0 Å². The Balaban J connectivity index is 2.67. The van der Waals surface area contributed by atoms with Crippen LogP contribution in [0.4, 0.5) is 0 Å². The molecule has 0 heterocycles. The van der Waals surface area contributed by atoms with Gasteiger partial charge in [-0.3, -0.25) is 11.3 Å². The largest absolute Gasteiger partial charge is 0.497 e. The summed E-state index contributed by atoms with van der Waals surface area (Å²) in [5, 5.41) is 0. The van der Waals surface area contributed by atoms with Crippen LogP contribution in [0, 0.1) is 0 Å². The molecule has 0 aliphatic carbocycles. The van der Waals surface area contributed by atoms with E-state index in [-0.39, 0.29) is 6.04 Å². The number of nitrogens with one attached hydrogen (secondary N) is 1. The highest BCUT2D eigenvalue weighted by Crippen LogP contribution is 2.30. The highest BCUT2D eigenvalue weighted by molar-refractivity contribution is 5.42. The van der Waals surface area contributed by atoms with Crippen molar-refractivity contribution < 1.29 is 18.9 Å². The molecule has 3 N–H and O–H groups in total. The van der Waals surface area contributed by atoms with Crippen molar-refractivity contribution in [3.05, 3.63) is 23.8 Å². The first-order chi connectivity index (χ1) is 9.76. The van der Waals surface area contributed by atoms with E-state index in [9.17, 15) is 0 Å². The molecular formula is C14H24N2O4. The minimum Gasteiger partial charge on any atom is -0.497 e. The van der Waals surface area contributed by atoms with Gasteiger partial charge in [0.1, 0.15) is 11.5 Å². The Bertz CT molecular complexity index is 387. The van der Waals surface area contributed by atoms with Crippen molar-refractivity contribution >= 4 is 0 Å². The van der Waals surface area contributed by atoms with Gasteiger partial charge in [-0.2, -0.15) is 0 Å². The molecule has 1 aromatic rings. The number of methoxy groups -OCH3 is 3. The molecule has 0 spiro atoms. The van der Waals surface area contributed by atoms with E-state index < -0.39 is 0 Å². The summed E-state index contributed by atoms with van der Waals surface area (Å²) >= 11 is 0. The van der Waals surface area contributed by atoms with Crippen molar-refractivity contribution in [2.24, 2.45) is 5.84 Å². The zero-order valence-electron chi connectivity index (χ0n) is 12.3. The van der Waals surface area contributed by atoms with E-state index in [4.69, 9.17) is 24.8 Å². The lowest BCUT2D eigenvalue weighted by Gasteiger charge is -2.19. The summed E-state index contributed by atoms with van der Waals surface area (Å²) in [6.07, 6.45) is 0.726. The summed E-state index contributed by atoms with van der Waals surface area (Å²) in [6, 6.07) is 5.57. The van der Waals surface area contributed by atoms with Gasteiger partial charge < -0.3 is 18.9 Å². The van der Waals surface area contributed by atoms with Gasteiger partial charge in [-0.15, -0.1) is 0 Å². The van der Waals surface area contributed by atoms with Crippen LogP contribution < -0.4 is 20.7 Å². The van der Waals surface area contributed by atoms with Crippen LogP contribution >= 0.6 is 0 Å². The van der Waals surface area contributed by atoms with Gasteiger partial charge in [0, 0.05) is 19.3 Å². The van der Waals surface area contributed by atoms with Gasteiger partial charge in [0.25, 0.3) is 0 Å². The van der Waals surface area contributed by atoms with Crippen LogP contribution in [0.1, 0.15) is 18.0 Å². The van der Waals surface area contributed by atoms with Crippen molar-refractivity contribution in [2.45, 2.75) is 12.5 Å². The predicted molar refractivity (Wildman–Crippen MR) is 76.9 cm³/mol. The normalized spacial score (nSPS) is 12.2. The molecule has 1 atom stereocenters. The number of nitrogens with two attached hydrogens (primary N) is 1. The maximum Gasteiger partial charge on any atom is 0.123 e. The number of ether oxygens (including phenoxy) is 4. The molecule has 0 aliphatic rings.